The summed E-state index contributed by atoms with van der Waals surface area (Å²) in [7, 11) is -18.0. The van der Waals surface area contributed by atoms with Crippen LogP contribution < -0.4 is 0 Å². The maximum absolute atomic E-state index is 9.75. The predicted octanol–water partition coefficient (Wildman–Crippen LogP) is 6.99. The summed E-state index contributed by atoms with van der Waals surface area (Å²) in [5.41, 5.74) is 3.12. The van der Waals surface area contributed by atoms with Gasteiger partial charge in [-0.25, -0.2) is 0 Å². The zero-order chi connectivity index (χ0) is 21.9. The van der Waals surface area contributed by atoms with Crippen LogP contribution in [0.4, 0.5) is 51.8 Å². The number of hydrogen-bond acceptors (Lipinski definition) is 0. The van der Waals surface area contributed by atoms with Crippen molar-refractivity contribution in [2.45, 2.75) is 17.1 Å². The molecular weight excluding hydrogens is 440 g/mol. The van der Waals surface area contributed by atoms with E-state index in [1.165, 1.54) is 0 Å². The van der Waals surface area contributed by atoms with E-state index in [1.54, 1.807) is 11.1 Å². The van der Waals surface area contributed by atoms with E-state index in [0.29, 0.717) is 4.22 Å². The van der Waals surface area contributed by atoms with Gasteiger partial charge in [0.15, 0.2) is 0 Å². The van der Waals surface area contributed by atoms with Gasteiger partial charge in [0, 0.05) is 0 Å². The van der Waals surface area contributed by atoms with Crippen LogP contribution in [0.5, 0.6) is 0 Å². The normalized spacial score (nSPS) is 15.8. The van der Waals surface area contributed by atoms with Gasteiger partial charge in [0.25, 0.3) is 0 Å². The third-order valence-corrected chi connectivity index (χ3v) is 3.50. The topological polar surface area (TPSA) is 0 Å². The van der Waals surface area contributed by atoms with Crippen LogP contribution in [0.25, 0.3) is 0 Å². The number of allylic oxidation sites excluding steroid dienone is 8. The Hall–Kier alpha value is -0.971. The van der Waals surface area contributed by atoms with Crippen molar-refractivity contribution in [3.05, 3.63) is 47.6 Å². The van der Waals surface area contributed by atoms with Gasteiger partial charge in [-0.05, 0) is 0 Å². The first-order chi connectivity index (χ1) is 11.9. The summed E-state index contributed by atoms with van der Waals surface area (Å²) in [5.74, 6) is 0. The van der Waals surface area contributed by atoms with Gasteiger partial charge in [-0.2, -0.15) is 0 Å². The number of rotatable bonds is 2. The van der Waals surface area contributed by atoms with Crippen LogP contribution in [0.3, 0.4) is 0 Å². The first-order valence-electron chi connectivity index (χ1n) is 6.92. The van der Waals surface area contributed by atoms with Crippen LogP contribution >= 0.6 is 0 Å². The Kier molecular flexibility index (Phi) is 13.1. The molecule has 0 spiro atoms. The Morgan fingerprint density at radius 3 is 0.963 bits per heavy atom. The van der Waals surface area contributed by atoms with Gasteiger partial charge in [0.2, 0.25) is 0 Å². The molecule has 2 aliphatic rings. The predicted molar refractivity (Wildman–Crippen MR) is 78.0 cm³/mol. The molecule has 0 nitrogen and oxygen atoms in total. The molecule has 0 unspecified atom stereocenters. The first kappa shape index (κ1) is 28.2. The van der Waals surface area contributed by atoms with Gasteiger partial charge < -0.3 is 51.8 Å². The Bertz CT molecular complexity index is 468. The number of halogens is 12. The van der Waals surface area contributed by atoms with Gasteiger partial charge in [-0.15, -0.1) is 0 Å². The van der Waals surface area contributed by atoms with Crippen molar-refractivity contribution >= 4 is 21.8 Å². The summed E-state index contributed by atoms with van der Waals surface area (Å²) < 4.78 is 118. The van der Waals surface area contributed by atoms with E-state index in [2.05, 4.69) is 56.9 Å². The fourth-order valence-electron chi connectivity index (χ4n) is 1.59. The molecule has 0 radical (unpaired) electrons. The van der Waals surface area contributed by atoms with Crippen molar-refractivity contribution < 1.29 is 72.2 Å². The van der Waals surface area contributed by atoms with Crippen molar-refractivity contribution in [2.75, 3.05) is 0 Å². The summed E-state index contributed by atoms with van der Waals surface area (Å²) in [6.45, 7) is 0. The summed E-state index contributed by atoms with van der Waals surface area (Å²) in [5, 5.41) is 0. The fourth-order valence-corrected chi connectivity index (χ4v) is 2.26. The molecule has 0 aromatic heterocycles. The Labute approximate surface area is 159 Å². The third-order valence-electron chi connectivity index (χ3n) is 2.34. The third kappa shape index (κ3) is 30.0. The van der Waals surface area contributed by atoms with E-state index in [1.807, 2.05) is 0 Å². The van der Waals surface area contributed by atoms with E-state index in [9.17, 15) is 51.8 Å². The van der Waals surface area contributed by atoms with Gasteiger partial charge >= 0.3 is 107 Å². The standard InChI is InChI=1S/C11H11.3BF4.Ti/c1-2-6-10(5-1)9-11-7-3-4-8-11;3*2-1(3,4)5;/h1-5,7,9H,6,8H2;;;;/q;3*-1;+3. The molecule has 0 atom stereocenters. The molecule has 2 rings (SSSR count). The second-order valence-corrected chi connectivity index (χ2v) is 5.57. The molecule has 0 aromatic carbocycles. The van der Waals surface area contributed by atoms with Crippen molar-refractivity contribution in [3.63, 3.8) is 0 Å². The molecule has 0 aliphatic heterocycles. The van der Waals surface area contributed by atoms with Crippen LogP contribution in [0, 0.1) is 0 Å². The fraction of sp³-hybridized carbons (Fsp3) is 0.273. The molecule has 0 fully saturated rings. The van der Waals surface area contributed by atoms with Gasteiger partial charge in [0.1, 0.15) is 0 Å². The van der Waals surface area contributed by atoms with E-state index in [-0.39, 0.29) is 0 Å². The Balaban J connectivity index is 0. The minimum atomic E-state index is -6.00. The van der Waals surface area contributed by atoms with Gasteiger partial charge in [-0.3, -0.25) is 0 Å². The molecule has 27 heavy (non-hydrogen) atoms. The van der Waals surface area contributed by atoms with Crippen LogP contribution in [0.15, 0.2) is 47.6 Å². The molecule has 0 N–H and O–H groups in total. The van der Waals surface area contributed by atoms with E-state index in [0.717, 1.165) is 12.8 Å². The van der Waals surface area contributed by atoms with Crippen molar-refractivity contribution in [2.24, 2.45) is 0 Å². The molecular formula is C11H11B3F12Ti. The molecule has 0 amide bonds. The molecule has 0 aromatic rings. The maximum atomic E-state index is 9.75. The zero-order valence-corrected chi connectivity index (χ0v) is 14.8. The minimum absolute atomic E-state index is 0.648. The van der Waals surface area contributed by atoms with Crippen LogP contribution in [0.1, 0.15) is 12.8 Å². The van der Waals surface area contributed by atoms with Gasteiger partial charge in [-0.1, -0.05) is 0 Å². The van der Waals surface area contributed by atoms with Crippen molar-refractivity contribution in [3.8, 4) is 0 Å². The molecule has 0 saturated heterocycles. The van der Waals surface area contributed by atoms with Crippen molar-refractivity contribution in [1.29, 1.82) is 0 Å². The van der Waals surface area contributed by atoms with E-state index >= 15 is 0 Å². The molecule has 0 heterocycles. The summed E-state index contributed by atoms with van der Waals surface area (Å²) in [4.78, 5) is 0. The average molecular weight is 451 g/mol. The van der Waals surface area contributed by atoms with Crippen LogP contribution in [-0.2, 0) is 20.4 Å². The molecule has 2 aliphatic carbocycles. The second kappa shape index (κ2) is 12.5. The molecule has 0 saturated carbocycles. The number of hydrogen-bond donors (Lipinski definition) is 0. The van der Waals surface area contributed by atoms with Crippen LogP contribution in [0.2, 0.25) is 4.22 Å². The monoisotopic (exact) mass is 452 g/mol. The van der Waals surface area contributed by atoms with Crippen molar-refractivity contribution in [1.82, 2.24) is 0 Å². The second-order valence-electron chi connectivity index (χ2n) is 4.67. The van der Waals surface area contributed by atoms with E-state index < -0.39 is 21.8 Å². The summed E-state index contributed by atoms with van der Waals surface area (Å²) >= 11 is 2.30. The van der Waals surface area contributed by atoms with Crippen LogP contribution in [-0.4, -0.2) is 21.8 Å². The Morgan fingerprint density at radius 1 is 0.593 bits per heavy atom. The molecule has 0 bridgehead atoms. The van der Waals surface area contributed by atoms with E-state index in [4.69, 9.17) is 0 Å². The Morgan fingerprint density at radius 2 is 0.815 bits per heavy atom. The summed E-state index contributed by atoms with van der Waals surface area (Å²) in [6, 6.07) is 0. The van der Waals surface area contributed by atoms with Gasteiger partial charge in [0.05, 0.1) is 0 Å². The summed E-state index contributed by atoms with van der Waals surface area (Å²) in [6.07, 6.45) is 15.6. The quantitative estimate of drug-likeness (QED) is 0.313. The SMILES string of the molecule is F[B-](F)(F)F.F[B-](F)(F)F.F[B-](F)(F)F.[Ti+3][CH](C1=CC=CC1)C1=CC=CC1. The zero-order valence-electron chi connectivity index (χ0n) is 13.2. The molecule has 16 heteroatoms. The average Bonchev–Trinajstić information content (AvgIpc) is 3.06. The first-order valence-corrected chi connectivity index (χ1v) is 7.82. The molecule has 152 valence electrons.